The topological polar surface area (TPSA) is 93.2 Å². The number of carbonyl (C=O) groups is 1. The number of aromatic nitrogens is 2. The average Bonchev–Trinajstić information content (AvgIpc) is 3.28. The molecule has 1 aromatic carbocycles. The molecule has 6 nitrogen and oxygen atoms in total. The average molecular weight is 355 g/mol. The molecule has 4 N–H and O–H groups in total. The Hall–Kier alpha value is -2.12. The van der Waals surface area contributed by atoms with Gasteiger partial charge in [0, 0.05) is 12.6 Å². The Morgan fingerprint density at radius 2 is 2.25 bits per heavy atom. The lowest BCUT2D eigenvalue weighted by Crippen LogP contribution is -2.38. The third-order valence-electron chi connectivity index (χ3n) is 4.04. The van der Waals surface area contributed by atoms with Crippen LogP contribution in [0.4, 0.5) is 4.39 Å². The molecule has 24 heavy (non-hydrogen) atoms. The first-order valence-corrected chi connectivity index (χ1v) is 7.54. The molecule has 1 aromatic heterocycles. The largest absolute Gasteiger partial charge is 0.504 e. The zero-order chi connectivity index (χ0) is 16.6. The highest BCUT2D eigenvalue weighted by Crippen LogP contribution is 2.31. The second-order valence-corrected chi connectivity index (χ2v) is 5.95. The minimum Gasteiger partial charge on any atom is -0.504 e. The van der Waals surface area contributed by atoms with Crippen LogP contribution in [0.2, 0.25) is 0 Å². The summed E-state index contributed by atoms with van der Waals surface area (Å²) in [6.45, 7) is 2.08. The number of nitrogens with one attached hydrogen (secondary N) is 1. The van der Waals surface area contributed by atoms with Crippen molar-refractivity contribution in [3.8, 4) is 11.4 Å². The van der Waals surface area contributed by atoms with E-state index in [4.69, 9.17) is 5.73 Å². The summed E-state index contributed by atoms with van der Waals surface area (Å²) < 4.78 is 14.5. The molecule has 0 saturated heterocycles. The number of benzene rings is 1. The SMILES string of the molecule is Cc1cc(F)ccc1-n1cc(O)c(C(=O)NCC(N)C2CC2)n1.Cl. The molecule has 0 spiro atoms. The molecular weight excluding hydrogens is 335 g/mol. The van der Waals surface area contributed by atoms with Crippen LogP contribution in [0.15, 0.2) is 24.4 Å². The van der Waals surface area contributed by atoms with Crippen molar-refractivity contribution in [2.45, 2.75) is 25.8 Å². The summed E-state index contributed by atoms with van der Waals surface area (Å²) in [7, 11) is 0. The van der Waals surface area contributed by atoms with Gasteiger partial charge < -0.3 is 16.2 Å². The van der Waals surface area contributed by atoms with Crippen molar-refractivity contribution in [2.75, 3.05) is 6.54 Å². The molecule has 1 aliphatic rings. The number of aryl methyl sites for hydroxylation is 1. The number of hydrogen-bond acceptors (Lipinski definition) is 4. The van der Waals surface area contributed by atoms with Crippen LogP contribution in [0.5, 0.6) is 5.75 Å². The van der Waals surface area contributed by atoms with Gasteiger partial charge in [-0.1, -0.05) is 0 Å². The lowest BCUT2D eigenvalue weighted by atomic mass is 10.2. The van der Waals surface area contributed by atoms with Crippen LogP contribution >= 0.6 is 12.4 Å². The fourth-order valence-electron chi connectivity index (χ4n) is 2.51. The summed E-state index contributed by atoms with van der Waals surface area (Å²) in [4.78, 5) is 12.1. The van der Waals surface area contributed by atoms with E-state index in [1.54, 1.807) is 13.0 Å². The first-order valence-electron chi connectivity index (χ1n) is 7.54. The standard InChI is InChI=1S/C16H19FN4O2.ClH/c1-9-6-11(17)4-5-13(9)21-8-14(22)15(20-21)16(23)19-7-12(18)10-2-3-10;/h4-6,8,10,12,22H,2-3,7,18H2,1H3,(H,19,23);1H. The van der Waals surface area contributed by atoms with Gasteiger partial charge in [-0.15, -0.1) is 12.4 Å². The molecule has 1 fully saturated rings. The van der Waals surface area contributed by atoms with Crippen LogP contribution in [0, 0.1) is 18.7 Å². The zero-order valence-electron chi connectivity index (χ0n) is 13.2. The van der Waals surface area contributed by atoms with Gasteiger partial charge in [0.05, 0.1) is 11.9 Å². The van der Waals surface area contributed by atoms with E-state index in [0.717, 1.165) is 12.8 Å². The second-order valence-electron chi connectivity index (χ2n) is 5.95. The Labute approximate surface area is 145 Å². The molecular formula is C16H20ClFN4O2. The molecule has 8 heteroatoms. The summed E-state index contributed by atoms with van der Waals surface area (Å²) in [6.07, 6.45) is 3.53. The zero-order valence-corrected chi connectivity index (χ0v) is 14.0. The van der Waals surface area contributed by atoms with Gasteiger partial charge in [0.15, 0.2) is 11.4 Å². The first-order chi connectivity index (χ1) is 11.0. The van der Waals surface area contributed by atoms with Crippen LogP contribution in [0.25, 0.3) is 5.69 Å². The van der Waals surface area contributed by atoms with E-state index in [-0.39, 0.29) is 35.7 Å². The maximum Gasteiger partial charge on any atom is 0.275 e. The molecule has 1 aliphatic carbocycles. The van der Waals surface area contributed by atoms with Crippen molar-refractivity contribution in [1.29, 1.82) is 0 Å². The number of amides is 1. The summed E-state index contributed by atoms with van der Waals surface area (Å²) in [5.41, 5.74) is 7.10. The Morgan fingerprint density at radius 3 is 2.88 bits per heavy atom. The van der Waals surface area contributed by atoms with Crippen molar-refractivity contribution in [3.63, 3.8) is 0 Å². The Bertz CT molecular complexity index is 746. The molecule has 1 heterocycles. The van der Waals surface area contributed by atoms with Crippen molar-refractivity contribution in [1.82, 2.24) is 15.1 Å². The lowest BCUT2D eigenvalue weighted by molar-refractivity contribution is 0.0942. The summed E-state index contributed by atoms with van der Waals surface area (Å²) in [6, 6.07) is 4.14. The van der Waals surface area contributed by atoms with Gasteiger partial charge in [0.1, 0.15) is 5.82 Å². The van der Waals surface area contributed by atoms with Crippen LogP contribution in [0.3, 0.4) is 0 Å². The van der Waals surface area contributed by atoms with Gasteiger partial charge in [-0.2, -0.15) is 5.10 Å². The Morgan fingerprint density at radius 1 is 1.54 bits per heavy atom. The molecule has 1 amide bonds. The van der Waals surface area contributed by atoms with Crippen LogP contribution in [0.1, 0.15) is 28.9 Å². The summed E-state index contributed by atoms with van der Waals surface area (Å²) >= 11 is 0. The van der Waals surface area contributed by atoms with E-state index in [1.165, 1.54) is 23.0 Å². The highest BCUT2D eigenvalue weighted by molar-refractivity contribution is 5.94. The molecule has 3 rings (SSSR count). The number of halogens is 2. The van der Waals surface area contributed by atoms with E-state index >= 15 is 0 Å². The van der Waals surface area contributed by atoms with Gasteiger partial charge >= 0.3 is 0 Å². The van der Waals surface area contributed by atoms with Crippen molar-refractivity contribution in [3.05, 3.63) is 41.5 Å². The highest BCUT2D eigenvalue weighted by atomic mass is 35.5. The maximum absolute atomic E-state index is 13.2. The van der Waals surface area contributed by atoms with E-state index in [0.29, 0.717) is 23.7 Å². The molecule has 0 radical (unpaired) electrons. The molecule has 1 saturated carbocycles. The molecule has 0 aliphatic heterocycles. The first kappa shape index (κ1) is 18.2. The number of nitrogens with two attached hydrogens (primary N) is 1. The molecule has 1 atom stereocenters. The van der Waals surface area contributed by atoms with Gasteiger partial charge in [-0.05, 0) is 49.4 Å². The minimum atomic E-state index is -0.475. The fraction of sp³-hybridized carbons (Fsp3) is 0.375. The predicted octanol–water partition coefficient (Wildman–Crippen LogP) is 1.91. The second kappa shape index (κ2) is 7.19. The predicted molar refractivity (Wildman–Crippen MR) is 90.2 cm³/mol. The number of aromatic hydroxyl groups is 1. The number of nitrogens with zero attached hydrogens (tertiary/aromatic N) is 2. The van der Waals surface area contributed by atoms with Gasteiger partial charge in [0.25, 0.3) is 5.91 Å². The number of hydrogen-bond donors (Lipinski definition) is 3. The summed E-state index contributed by atoms with van der Waals surface area (Å²) in [5.74, 6) is -0.582. The van der Waals surface area contributed by atoms with Crippen LogP contribution in [-0.4, -0.2) is 33.4 Å². The van der Waals surface area contributed by atoms with Crippen LogP contribution < -0.4 is 11.1 Å². The highest BCUT2D eigenvalue weighted by Gasteiger charge is 2.29. The Kier molecular flexibility index (Phi) is 5.46. The molecule has 2 aromatic rings. The van der Waals surface area contributed by atoms with E-state index < -0.39 is 5.91 Å². The van der Waals surface area contributed by atoms with Crippen molar-refractivity contribution < 1.29 is 14.3 Å². The van der Waals surface area contributed by atoms with E-state index in [9.17, 15) is 14.3 Å². The van der Waals surface area contributed by atoms with Gasteiger partial charge in [-0.3, -0.25) is 4.79 Å². The lowest BCUT2D eigenvalue weighted by Gasteiger charge is -2.10. The normalized spacial score (nSPS) is 14.8. The smallest absolute Gasteiger partial charge is 0.275 e. The maximum atomic E-state index is 13.2. The molecule has 130 valence electrons. The van der Waals surface area contributed by atoms with Crippen molar-refractivity contribution >= 4 is 18.3 Å². The minimum absolute atomic E-state index is 0. The van der Waals surface area contributed by atoms with Crippen molar-refractivity contribution in [2.24, 2.45) is 11.7 Å². The fourth-order valence-corrected chi connectivity index (χ4v) is 2.51. The number of rotatable bonds is 5. The number of carbonyl (C=O) groups excluding carboxylic acids is 1. The Balaban J connectivity index is 0.00000208. The monoisotopic (exact) mass is 354 g/mol. The van der Waals surface area contributed by atoms with Gasteiger partial charge in [-0.25, -0.2) is 9.07 Å². The van der Waals surface area contributed by atoms with Gasteiger partial charge in [0.2, 0.25) is 0 Å². The third kappa shape index (κ3) is 3.85. The summed E-state index contributed by atoms with van der Waals surface area (Å²) in [5, 5.41) is 16.7. The molecule has 0 bridgehead atoms. The quantitative estimate of drug-likeness (QED) is 0.764. The van der Waals surface area contributed by atoms with Crippen LogP contribution in [-0.2, 0) is 0 Å². The van der Waals surface area contributed by atoms with E-state index in [1.807, 2.05) is 0 Å². The van der Waals surface area contributed by atoms with E-state index in [2.05, 4.69) is 10.4 Å². The third-order valence-corrected chi connectivity index (χ3v) is 4.04. The molecule has 1 unspecified atom stereocenters.